The second-order valence-corrected chi connectivity index (χ2v) is 12.4. The van der Waals surface area contributed by atoms with Gasteiger partial charge in [-0.3, -0.25) is 0 Å². The van der Waals surface area contributed by atoms with Crippen LogP contribution in [-0.4, -0.2) is 42.8 Å². The second kappa shape index (κ2) is 9.76. The Labute approximate surface area is 216 Å². The Bertz CT molecular complexity index is 1040. The molecule has 1 aromatic rings. The standard InChI is InChI=1S/C30H41NO5/c1-27(2,3)36-26(32)31-30(19-34-29(6,7)35-20-30)16-14-21-8-12-24(13-9-21)33-17-15-22-10-11-23-18-25(22)28(23,4)5/h8-10,12-13,23,25H,11,15,17-20H2,1-7H3,(H,31,32). The lowest BCUT2D eigenvalue weighted by Crippen LogP contribution is -2.60. The average molecular weight is 496 g/mol. The molecule has 2 bridgehead atoms. The molecule has 0 spiro atoms. The van der Waals surface area contributed by atoms with Gasteiger partial charge >= 0.3 is 6.09 Å². The number of rotatable bonds is 5. The van der Waals surface area contributed by atoms with Crippen LogP contribution in [0, 0.1) is 29.1 Å². The van der Waals surface area contributed by atoms with Gasteiger partial charge in [0.15, 0.2) is 11.3 Å². The van der Waals surface area contributed by atoms with Crippen LogP contribution in [0.25, 0.3) is 0 Å². The molecule has 2 fully saturated rings. The normalized spacial score (nSPS) is 25.4. The topological polar surface area (TPSA) is 66.0 Å². The van der Waals surface area contributed by atoms with Crippen molar-refractivity contribution >= 4 is 6.09 Å². The van der Waals surface area contributed by atoms with Gasteiger partial charge in [0, 0.05) is 12.0 Å². The minimum absolute atomic E-state index is 0.196. The fourth-order valence-electron chi connectivity index (χ4n) is 5.22. The molecule has 1 saturated heterocycles. The molecule has 1 aromatic carbocycles. The van der Waals surface area contributed by atoms with Crippen LogP contribution in [0.5, 0.6) is 5.75 Å². The summed E-state index contributed by atoms with van der Waals surface area (Å²) in [5, 5.41) is 2.87. The summed E-state index contributed by atoms with van der Waals surface area (Å²) in [6.07, 6.45) is 5.42. The predicted molar refractivity (Wildman–Crippen MR) is 140 cm³/mol. The average Bonchev–Trinajstić information content (AvgIpc) is 2.79. The van der Waals surface area contributed by atoms with Gasteiger partial charge < -0.3 is 24.3 Å². The minimum Gasteiger partial charge on any atom is -0.493 e. The molecule has 2 atom stereocenters. The molecule has 1 amide bonds. The van der Waals surface area contributed by atoms with Gasteiger partial charge in [-0.2, -0.15) is 0 Å². The minimum atomic E-state index is -1.00. The van der Waals surface area contributed by atoms with Gasteiger partial charge in [-0.1, -0.05) is 37.3 Å². The highest BCUT2D eigenvalue weighted by atomic mass is 16.7. The van der Waals surface area contributed by atoms with Gasteiger partial charge in [-0.05, 0) is 89.0 Å². The van der Waals surface area contributed by atoms with Gasteiger partial charge in [0.05, 0.1) is 19.8 Å². The van der Waals surface area contributed by atoms with Crippen LogP contribution in [0.15, 0.2) is 35.9 Å². The van der Waals surface area contributed by atoms with Crippen molar-refractivity contribution in [3.8, 4) is 17.6 Å². The summed E-state index contributed by atoms with van der Waals surface area (Å²) >= 11 is 0. The number of carbonyl (C=O) groups is 1. The van der Waals surface area contributed by atoms with Gasteiger partial charge in [-0.25, -0.2) is 4.79 Å². The maximum absolute atomic E-state index is 12.5. The van der Waals surface area contributed by atoms with Gasteiger partial charge in [0.25, 0.3) is 0 Å². The summed E-state index contributed by atoms with van der Waals surface area (Å²) in [5.41, 5.74) is 1.20. The maximum Gasteiger partial charge on any atom is 0.409 e. The number of hydrogen-bond acceptors (Lipinski definition) is 5. The summed E-state index contributed by atoms with van der Waals surface area (Å²) in [6.45, 7) is 15.0. The van der Waals surface area contributed by atoms with E-state index in [2.05, 4.69) is 37.1 Å². The molecule has 2 unspecified atom stereocenters. The smallest absolute Gasteiger partial charge is 0.409 e. The van der Waals surface area contributed by atoms with Gasteiger partial charge in [-0.15, -0.1) is 0 Å². The maximum atomic E-state index is 12.5. The molecule has 4 aliphatic rings. The molecule has 0 aromatic heterocycles. The quantitative estimate of drug-likeness (QED) is 0.410. The third-order valence-electron chi connectivity index (χ3n) is 7.62. The summed E-state index contributed by atoms with van der Waals surface area (Å²) in [6, 6.07) is 7.73. The molecule has 6 heteroatoms. The Hall–Kier alpha value is -2.49. The highest BCUT2D eigenvalue weighted by Gasteiger charge is 2.50. The van der Waals surface area contributed by atoms with Crippen LogP contribution in [-0.2, 0) is 14.2 Å². The summed E-state index contributed by atoms with van der Waals surface area (Å²) in [4.78, 5) is 12.5. The molecule has 1 saturated carbocycles. The molecule has 5 rings (SSSR count). The first kappa shape index (κ1) is 26.6. The largest absolute Gasteiger partial charge is 0.493 e. The predicted octanol–water partition coefficient (Wildman–Crippen LogP) is 5.85. The molecule has 1 N–H and O–H groups in total. The molecular formula is C30H41NO5. The third kappa shape index (κ3) is 6.25. The van der Waals surface area contributed by atoms with Crippen LogP contribution >= 0.6 is 0 Å². The highest BCUT2D eigenvalue weighted by molar-refractivity contribution is 5.70. The fraction of sp³-hybridized carbons (Fsp3) is 0.633. The van der Waals surface area contributed by atoms with E-state index < -0.39 is 23.0 Å². The van der Waals surface area contributed by atoms with Gasteiger partial charge in [0.2, 0.25) is 0 Å². The van der Waals surface area contributed by atoms with Crippen LogP contribution in [0.3, 0.4) is 0 Å². The van der Waals surface area contributed by atoms with Crippen molar-refractivity contribution in [3.05, 3.63) is 41.5 Å². The third-order valence-corrected chi connectivity index (χ3v) is 7.62. The number of allylic oxidation sites excluding steroid dienone is 1. The van der Waals surface area contributed by atoms with Crippen LogP contribution < -0.4 is 10.1 Å². The van der Waals surface area contributed by atoms with Crippen molar-refractivity contribution in [2.75, 3.05) is 19.8 Å². The van der Waals surface area contributed by atoms with Crippen molar-refractivity contribution in [2.24, 2.45) is 17.3 Å². The van der Waals surface area contributed by atoms with Crippen LogP contribution in [0.4, 0.5) is 4.79 Å². The number of benzene rings is 1. The first-order valence-electron chi connectivity index (χ1n) is 13.0. The van der Waals surface area contributed by atoms with E-state index in [-0.39, 0.29) is 13.2 Å². The summed E-state index contributed by atoms with van der Waals surface area (Å²) in [5.74, 6) is 8.00. The van der Waals surface area contributed by atoms with E-state index >= 15 is 0 Å². The van der Waals surface area contributed by atoms with Crippen LogP contribution in [0.1, 0.15) is 73.3 Å². The van der Waals surface area contributed by atoms with E-state index in [9.17, 15) is 4.79 Å². The fourth-order valence-corrected chi connectivity index (χ4v) is 5.22. The summed E-state index contributed by atoms with van der Waals surface area (Å²) < 4.78 is 23.1. The van der Waals surface area contributed by atoms with E-state index in [0.29, 0.717) is 12.0 Å². The number of hydrogen-bond donors (Lipinski definition) is 1. The highest BCUT2D eigenvalue weighted by Crippen LogP contribution is 2.59. The SMILES string of the molecule is CC(C)(C)OC(=O)NC1(C#Cc2ccc(OCCC3=CCC4CC3C4(C)C)cc2)COC(C)(C)OC1. The molecule has 1 heterocycles. The molecule has 196 valence electrons. The lowest BCUT2D eigenvalue weighted by Gasteiger charge is -2.56. The molecule has 6 nitrogen and oxygen atoms in total. The zero-order chi connectivity index (χ0) is 26.2. The van der Waals surface area contributed by atoms with Crippen LogP contribution in [0.2, 0.25) is 0 Å². The molecule has 3 aliphatic carbocycles. The first-order valence-corrected chi connectivity index (χ1v) is 13.0. The number of ether oxygens (including phenoxy) is 4. The number of carbonyl (C=O) groups excluding carboxylic acids is 1. The van der Waals surface area contributed by atoms with E-state index in [4.69, 9.17) is 18.9 Å². The zero-order valence-corrected chi connectivity index (χ0v) is 22.8. The lowest BCUT2D eigenvalue weighted by atomic mass is 9.48. The number of amides is 1. The Balaban J connectivity index is 1.36. The number of alkyl carbamates (subject to hydrolysis) is 1. The van der Waals surface area contributed by atoms with E-state index in [1.807, 2.05) is 58.9 Å². The second-order valence-electron chi connectivity index (χ2n) is 12.4. The van der Waals surface area contributed by atoms with Crippen molar-refractivity contribution in [1.82, 2.24) is 5.32 Å². The lowest BCUT2D eigenvalue weighted by molar-refractivity contribution is -0.262. The molecule has 0 radical (unpaired) electrons. The van der Waals surface area contributed by atoms with Crippen molar-refractivity contribution in [2.45, 2.75) is 84.7 Å². The van der Waals surface area contributed by atoms with Gasteiger partial charge in [0.1, 0.15) is 11.4 Å². The van der Waals surface area contributed by atoms with Crippen molar-refractivity contribution in [3.63, 3.8) is 0 Å². The van der Waals surface area contributed by atoms with Crippen molar-refractivity contribution < 1.29 is 23.7 Å². The Morgan fingerprint density at radius 3 is 2.36 bits per heavy atom. The first-order chi connectivity index (χ1) is 16.8. The monoisotopic (exact) mass is 495 g/mol. The zero-order valence-electron chi connectivity index (χ0n) is 22.8. The molecular weight excluding hydrogens is 454 g/mol. The summed E-state index contributed by atoms with van der Waals surface area (Å²) in [7, 11) is 0. The van der Waals surface area contributed by atoms with E-state index in [1.54, 1.807) is 5.57 Å². The molecule has 36 heavy (non-hydrogen) atoms. The number of nitrogens with one attached hydrogen (secondary N) is 1. The molecule has 1 aliphatic heterocycles. The number of fused-ring (bicyclic) bond motifs is 1. The Morgan fingerprint density at radius 2 is 1.78 bits per heavy atom. The Morgan fingerprint density at radius 1 is 1.11 bits per heavy atom. The Kier molecular flexibility index (Phi) is 7.20. The van der Waals surface area contributed by atoms with E-state index in [1.165, 1.54) is 12.8 Å². The van der Waals surface area contributed by atoms with Crippen molar-refractivity contribution in [1.29, 1.82) is 0 Å². The van der Waals surface area contributed by atoms with E-state index in [0.717, 1.165) is 29.6 Å².